The number of methoxy groups -OCH3 is 2. The summed E-state index contributed by atoms with van der Waals surface area (Å²) in [5.74, 6) is 1.58. The van der Waals surface area contributed by atoms with Gasteiger partial charge in [0.15, 0.2) is 0 Å². The van der Waals surface area contributed by atoms with Crippen LogP contribution in [0.3, 0.4) is 0 Å². The molecule has 0 aliphatic rings. The summed E-state index contributed by atoms with van der Waals surface area (Å²) in [6.45, 7) is 2.76. The van der Waals surface area contributed by atoms with E-state index in [9.17, 15) is 5.11 Å². The predicted molar refractivity (Wildman–Crippen MR) is 86.0 cm³/mol. The number of nitrogens with two attached hydrogens (primary N) is 1. The zero-order valence-electron chi connectivity index (χ0n) is 13.3. The van der Waals surface area contributed by atoms with E-state index in [4.69, 9.17) is 9.47 Å². The molecule has 0 saturated heterocycles. The van der Waals surface area contributed by atoms with Gasteiger partial charge < -0.3 is 19.9 Å². The Morgan fingerprint density at radius 1 is 1.05 bits per heavy atom. The van der Waals surface area contributed by atoms with Crippen molar-refractivity contribution in [2.24, 2.45) is 0 Å². The monoisotopic (exact) mass is 302 g/mol. The number of aliphatic hydroxyl groups is 1. The highest BCUT2D eigenvalue weighted by atomic mass is 16.5. The average molecular weight is 302 g/mol. The van der Waals surface area contributed by atoms with E-state index in [0.717, 1.165) is 29.2 Å². The van der Waals surface area contributed by atoms with Crippen LogP contribution >= 0.6 is 0 Å². The van der Waals surface area contributed by atoms with Gasteiger partial charge in [0.05, 0.1) is 14.2 Å². The third-order valence-electron chi connectivity index (χ3n) is 3.84. The van der Waals surface area contributed by atoms with Gasteiger partial charge in [-0.2, -0.15) is 0 Å². The molecule has 22 heavy (non-hydrogen) atoms. The van der Waals surface area contributed by atoms with Gasteiger partial charge in [0, 0.05) is 11.6 Å². The Morgan fingerprint density at radius 2 is 1.77 bits per heavy atom. The van der Waals surface area contributed by atoms with Crippen LogP contribution in [0.25, 0.3) is 0 Å². The molecule has 118 valence electrons. The lowest BCUT2D eigenvalue weighted by Gasteiger charge is -2.18. The maximum Gasteiger partial charge on any atom is 0.131 e. The summed E-state index contributed by atoms with van der Waals surface area (Å²) < 4.78 is 10.6. The van der Waals surface area contributed by atoms with Crippen molar-refractivity contribution in [3.05, 3.63) is 59.7 Å². The van der Waals surface area contributed by atoms with E-state index in [2.05, 4.69) is 5.32 Å². The van der Waals surface area contributed by atoms with Crippen LogP contribution in [0.15, 0.2) is 48.5 Å². The molecular weight excluding hydrogens is 278 g/mol. The number of aliphatic hydroxyl groups excluding tert-OH is 1. The van der Waals surface area contributed by atoms with Crippen LogP contribution in [-0.2, 0) is 6.54 Å². The first-order valence-corrected chi connectivity index (χ1v) is 7.43. The summed E-state index contributed by atoms with van der Waals surface area (Å²) in [4.78, 5) is 0. The highest BCUT2D eigenvalue weighted by Gasteiger charge is 2.19. The van der Waals surface area contributed by atoms with Gasteiger partial charge in [-0.15, -0.1) is 0 Å². The van der Waals surface area contributed by atoms with Crippen LogP contribution in [0, 0.1) is 0 Å². The minimum atomic E-state index is -0.495. The minimum absolute atomic E-state index is 0.0502. The van der Waals surface area contributed by atoms with Crippen molar-refractivity contribution in [3.8, 4) is 11.5 Å². The Kier molecular flexibility index (Phi) is 5.81. The zero-order chi connectivity index (χ0) is 15.9. The molecule has 0 radical (unpaired) electrons. The Labute approximate surface area is 131 Å². The van der Waals surface area contributed by atoms with Crippen LogP contribution in [0.1, 0.15) is 24.2 Å². The lowest BCUT2D eigenvalue weighted by molar-refractivity contribution is -0.709. The summed E-state index contributed by atoms with van der Waals surface area (Å²) in [6.07, 6.45) is -0.495. The fraction of sp³-hybridized carbons (Fsp3) is 0.333. The number of benzene rings is 2. The molecule has 0 aliphatic heterocycles. The third kappa shape index (κ3) is 4.00. The molecule has 2 aromatic carbocycles. The maximum atomic E-state index is 10.4. The molecule has 0 saturated carbocycles. The lowest BCUT2D eigenvalue weighted by Crippen LogP contribution is -2.89. The first-order chi connectivity index (χ1) is 10.7. The molecule has 2 aromatic rings. The van der Waals surface area contributed by atoms with Crippen LogP contribution in [0.5, 0.6) is 11.5 Å². The van der Waals surface area contributed by atoms with Crippen LogP contribution in [-0.4, -0.2) is 25.4 Å². The molecule has 0 spiro atoms. The van der Waals surface area contributed by atoms with E-state index in [-0.39, 0.29) is 6.04 Å². The van der Waals surface area contributed by atoms with Crippen molar-refractivity contribution in [3.63, 3.8) is 0 Å². The van der Waals surface area contributed by atoms with E-state index in [1.165, 1.54) is 0 Å². The number of quaternary nitrogens is 1. The molecule has 2 rings (SSSR count). The Morgan fingerprint density at radius 3 is 2.41 bits per heavy atom. The fourth-order valence-electron chi connectivity index (χ4n) is 2.42. The molecule has 0 amide bonds. The Bertz CT molecular complexity index is 586. The summed E-state index contributed by atoms with van der Waals surface area (Å²) in [5, 5.41) is 12.5. The standard InChI is InChI=1S/C18H23NO3/c1-13(18(20)14-7-5-4-6-8-14)19-12-15-9-10-16(21-2)11-17(15)22-3/h4-11,13,18-20H,12H2,1-3H3/p+1/t13-,18-/m1/s1. The van der Waals surface area contributed by atoms with Crippen LogP contribution in [0.2, 0.25) is 0 Å². The summed E-state index contributed by atoms with van der Waals surface area (Å²) in [7, 11) is 3.29. The molecular formula is C18H24NO3+. The van der Waals surface area contributed by atoms with Crippen molar-refractivity contribution in [2.75, 3.05) is 14.2 Å². The van der Waals surface area contributed by atoms with Crippen molar-refractivity contribution >= 4 is 0 Å². The van der Waals surface area contributed by atoms with E-state index >= 15 is 0 Å². The van der Waals surface area contributed by atoms with Crippen molar-refractivity contribution < 1.29 is 19.9 Å². The molecule has 4 nitrogen and oxygen atoms in total. The molecule has 3 N–H and O–H groups in total. The molecule has 2 atom stereocenters. The van der Waals surface area contributed by atoms with Gasteiger partial charge in [-0.1, -0.05) is 30.3 Å². The minimum Gasteiger partial charge on any atom is -0.497 e. The van der Waals surface area contributed by atoms with Crippen molar-refractivity contribution in [1.82, 2.24) is 0 Å². The van der Waals surface area contributed by atoms with E-state index in [1.807, 2.05) is 55.5 Å². The molecule has 0 fully saturated rings. The normalized spacial score (nSPS) is 13.5. The summed E-state index contributed by atoms with van der Waals surface area (Å²) in [5.41, 5.74) is 2.02. The quantitative estimate of drug-likeness (QED) is 0.821. The van der Waals surface area contributed by atoms with Crippen LogP contribution in [0.4, 0.5) is 0 Å². The Balaban J connectivity index is 2.00. The smallest absolute Gasteiger partial charge is 0.131 e. The van der Waals surface area contributed by atoms with Gasteiger partial charge in [-0.05, 0) is 24.6 Å². The second-order valence-corrected chi connectivity index (χ2v) is 5.33. The molecule has 4 heteroatoms. The van der Waals surface area contributed by atoms with Crippen molar-refractivity contribution in [2.45, 2.75) is 25.6 Å². The number of rotatable bonds is 7. The first-order valence-electron chi connectivity index (χ1n) is 7.43. The highest BCUT2D eigenvalue weighted by molar-refractivity contribution is 5.40. The van der Waals surface area contributed by atoms with Gasteiger partial charge in [0.1, 0.15) is 30.2 Å². The van der Waals surface area contributed by atoms with E-state index < -0.39 is 6.10 Å². The lowest BCUT2D eigenvalue weighted by atomic mass is 10.0. The van der Waals surface area contributed by atoms with E-state index in [1.54, 1.807) is 14.2 Å². The number of ether oxygens (including phenoxy) is 2. The van der Waals surface area contributed by atoms with Crippen molar-refractivity contribution in [1.29, 1.82) is 0 Å². The second kappa shape index (κ2) is 7.82. The largest absolute Gasteiger partial charge is 0.497 e. The topological polar surface area (TPSA) is 55.3 Å². The zero-order valence-corrected chi connectivity index (χ0v) is 13.3. The van der Waals surface area contributed by atoms with Gasteiger partial charge in [0.2, 0.25) is 0 Å². The SMILES string of the molecule is COc1ccc(C[NH2+][C@H](C)[C@@H](O)c2ccccc2)c(OC)c1. The Hall–Kier alpha value is -2.04. The molecule has 0 bridgehead atoms. The van der Waals surface area contributed by atoms with Gasteiger partial charge in [-0.3, -0.25) is 0 Å². The van der Waals surface area contributed by atoms with Gasteiger partial charge in [-0.25, -0.2) is 0 Å². The highest BCUT2D eigenvalue weighted by Crippen LogP contribution is 2.24. The van der Waals surface area contributed by atoms with Crippen LogP contribution < -0.4 is 14.8 Å². The second-order valence-electron chi connectivity index (χ2n) is 5.33. The maximum absolute atomic E-state index is 10.4. The third-order valence-corrected chi connectivity index (χ3v) is 3.84. The van der Waals surface area contributed by atoms with E-state index in [0.29, 0.717) is 0 Å². The molecule has 0 unspecified atom stereocenters. The summed E-state index contributed by atoms with van der Waals surface area (Å²) >= 11 is 0. The fourth-order valence-corrected chi connectivity index (χ4v) is 2.42. The molecule has 0 aliphatic carbocycles. The number of hydrogen-bond donors (Lipinski definition) is 2. The summed E-state index contributed by atoms with van der Waals surface area (Å²) in [6, 6.07) is 15.6. The molecule has 0 aromatic heterocycles. The number of hydrogen-bond acceptors (Lipinski definition) is 3. The first kappa shape index (κ1) is 16.3. The van der Waals surface area contributed by atoms with Gasteiger partial charge >= 0.3 is 0 Å². The predicted octanol–water partition coefficient (Wildman–Crippen LogP) is 1.89. The average Bonchev–Trinajstić information content (AvgIpc) is 2.59. The van der Waals surface area contributed by atoms with Gasteiger partial charge in [0.25, 0.3) is 0 Å². The molecule has 0 heterocycles.